The van der Waals surface area contributed by atoms with E-state index in [0.29, 0.717) is 32.1 Å². The van der Waals surface area contributed by atoms with Gasteiger partial charge >= 0.3 is 5.97 Å². The SMILES string of the molecule is Cc1nc(C)n(CC2CN(c3cccc(C(=O)O)n3)CCO2)n1. The van der Waals surface area contributed by atoms with Crippen LogP contribution in [0.1, 0.15) is 22.1 Å². The van der Waals surface area contributed by atoms with Crippen LogP contribution in [0.2, 0.25) is 0 Å². The fourth-order valence-corrected chi connectivity index (χ4v) is 2.68. The molecule has 8 heteroatoms. The van der Waals surface area contributed by atoms with Gasteiger partial charge in [0.1, 0.15) is 17.5 Å². The summed E-state index contributed by atoms with van der Waals surface area (Å²) in [5.41, 5.74) is 0.0493. The maximum absolute atomic E-state index is 11.1. The first-order valence-electron chi connectivity index (χ1n) is 7.48. The van der Waals surface area contributed by atoms with Crippen molar-refractivity contribution in [1.29, 1.82) is 0 Å². The lowest BCUT2D eigenvalue weighted by atomic mass is 10.2. The van der Waals surface area contributed by atoms with E-state index in [4.69, 9.17) is 9.84 Å². The second-order valence-electron chi connectivity index (χ2n) is 5.51. The number of carboxylic acid groups (broad SMARTS) is 1. The van der Waals surface area contributed by atoms with Crippen LogP contribution in [0.3, 0.4) is 0 Å². The van der Waals surface area contributed by atoms with Crippen molar-refractivity contribution < 1.29 is 14.6 Å². The number of aryl methyl sites for hydroxylation is 2. The molecule has 0 bridgehead atoms. The van der Waals surface area contributed by atoms with Crippen molar-refractivity contribution in [3.8, 4) is 0 Å². The second-order valence-corrected chi connectivity index (χ2v) is 5.51. The summed E-state index contributed by atoms with van der Waals surface area (Å²) in [5, 5.41) is 13.4. The van der Waals surface area contributed by atoms with Crippen LogP contribution in [-0.4, -0.2) is 56.6 Å². The van der Waals surface area contributed by atoms with Gasteiger partial charge in [0.15, 0.2) is 5.69 Å². The highest BCUT2D eigenvalue weighted by Gasteiger charge is 2.23. The highest BCUT2D eigenvalue weighted by Crippen LogP contribution is 2.17. The van der Waals surface area contributed by atoms with Crippen LogP contribution in [0.15, 0.2) is 18.2 Å². The number of carbonyl (C=O) groups is 1. The van der Waals surface area contributed by atoms with Gasteiger partial charge in [-0.2, -0.15) is 5.10 Å². The molecule has 1 N–H and O–H groups in total. The Kier molecular flexibility index (Phi) is 4.24. The maximum atomic E-state index is 11.1. The van der Waals surface area contributed by atoms with E-state index in [2.05, 4.69) is 15.1 Å². The molecular formula is C15H19N5O3. The van der Waals surface area contributed by atoms with E-state index in [1.165, 1.54) is 6.07 Å². The zero-order valence-electron chi connectivity index (χ0n) is 13.1. The molecule has 1 unspecified atom stereocenters. The molecule has 0 amide bonds. The van der Waals surface area contributed by atoms with Crippen LogP contribution in [0.4, 0.5) is 5.82 Å². The van der Waals surface area contributed by atoms with Crippen LogP contribution < -0.4 is 4.90 Å². The molecule has 0 aliphatic carbocycles. The monoisotopic (exact) mass is 317 g/mol. The minimum Gasteiger partial charge on any atom is -0.477 e. The summed E-state index contributed by atoms with van der Waals surface area (Å²) in [6.07, 6.45) is -0.0427. The predicted octanol–water partition coefficient (Wildman–Crippen LogP) is 0.894. The summed E-state index contributed by atoms with van der Waals surface area (Å²) in [7, 11) is 0. The van der Waals surface area contributed by atoms with E-state index in [-0.39, 0.29) is 11.8 Å². The summed E-state index contributed by atoms with van der Waals surface area (Å²) < 4.78 is 7.64. The number of morpholine rings is 1. The fraction of sp³-hybridized carbons (Fsp3) is 0.467. The van der Waals surface area contributed by atoms with E-state index < -0.39 is 5.97 Å². The minimum absolute atomic E-state index is 0.0427. The average Bonchev–Trinajstić information content (AvgIpc) is 2.85. The predicted molar refractivity (Wildman–Crippen MR) is 82.6 cm³/mol. The summed E-state index contributed by atoms with van der Waals surface area (Å²) >= 11 is 0. The molecule has 1 saturated heterocycles. The first kappa shape index (κ1) is 15.4. The van der Waals surface area contributed by atoms with E-state index >= 15 is 0 Å². The third-order valence-corrected chi connectivity index (χ3v) is 3.76. The van der Waals surface area contributed by atoms with Gasteiger partial charge in [-0.25, -0.2) is 19.4 Å². The van der Waals surface area contributed by atoms with Crippen molar-refractivity contribution in [2.24, 2.45) is 0 Å². The number of aromatic carboxylic acids is 1. The summed E-state index contributed by atoms with van der Waals surface area (Å²) in [5.74, 6) is 1.23. The molecule has 0 saturated carbocycles. The number of nitrogens with zero attached hydrogens (tertiary/aromatic N) is 5. The van der Waals surface area contributed by atoms with Gasteiger partial charge in [0, 0.05) is 13.1 Å². The Balaban J connectivity index is 1.72. The Labute approximate surface area is 133 Å². The highest BCUT2D eigenvalue weighted by molar-refractivity contribution is 5.85. The number of pyridine rings is 1. The van der Waals surface area contributed by atoms with Gasteiger partial charge in [0.05, 0.1) is 19.3 Å². The largest absolute Gasteiger partial charge is 0.477 e. The molecule has 1 atom stereocenters. The number of rotatable bonds is 4. The lowest BCUT2D eigenvalue weighted by Gasteiger charge is -2.33. The molecular weight excluding hydrogens is 298 g/mol. The molecule has 23 heavy (non-hydrogen) atoms. The number of carboxylic acids is 1. The minimum atomic E-state index is -1.02. The maximum Gasteiger partial charge on any atom is 0.354 e. The van der Waals surface area contributed by atoms with E-state index in [1.54, 1.807) is 6.07 Å². The summed E-state index contributed by atoms with van der Waals surface area (Å²) in [6, 6.07) is 5.02. The van der Waals surface area contributed by atoms with Gasteiger partial charge < -0.3 is 14.7 Å². The first-order valence-corrected chi connectivity index (χ1v) is 7.48. The van der Waals surface area contributed by atoms with Crippen molar-refractivity contribution in [2.45, 2.75) is 26.5 Å². The Morgan fingerprint density at radius 2 is 2.22 bits per heavy atom. The molecule has 0 aromatic carbocycles. The molecule has 1 aliphatic heterocycles. The van der Waals surface area contributed by atoms with Crippen LogP contribution in [-0.2, 0) is 11.3 Å². The molecule has 2 aromatic heterocycles. The number of ether oxygens (including phenoxy) is 1. The van der Waals surface area contributed by atoms with Gasteiger partial charge in [0.25, 0.3) is 0 Å². The molecule has 1 aliphatic rings. The van der Waals surface area contributed by atoms with Gasteiger partial charge in [-0.1, -0.05) is 6.07 Å². The topological polar surface area (TPSA) is 93.4 Å². The number of hydrogen-bond acceptors (Lipinski definition) is 6. The Bertz CT molecular complexity index is 715. The highest BCUT2D eigenvalue weighted by atomic mass is 16.5. The Morgan fingerprint density at radius 3 is 2.91 bits per heavy atom. The summed E-state index contributed by atoms with van der Waals surface area (Å²) in [4.78, 5) is 21.6. The van der Waals surface area contributed by atoms with Gasteiger partial charge in [-0.3, -0.25) is 0 Å². The van der Waals surface area contributed by atoms with Crippen molar-refractivity contribution in [3.05, 3.63) is 35.5 Å². The zero-order valence-corrected chi connectivity index (χ0v) is 13.1. The number of aromatic nitrogens is 4. The third kappa shape index (κ3) is 3.48. The Morgan fingerprint density at radius 1 is 1.39 bits per heavy atom. The third-order valence-electron chi connectivity index (χ3n) is 3.76. The molecule has 0 radical (unpaired) electrons. The smallest absolute Gasteiger partial charge is 0.354 e. The average molecular weight is 317 g/mol. The molecule has 8 nitrogen and oxygen atoms in total. The van der Waals surface area contributed by atoms with Gasteiger partial charge in [0.2, 0.25) is 0 Å². The van der Waals surface area contributed by atoms with E-state index in [9.17, 15) is 4.79 Å². The lowest BCUT2D eigenvalue weighted by Crippen LogP contribution is -2.45. The standard InChI is InChI=1S/C15H19N5O3/c1-10-16-11(2)20(18-10)9-12-8-19(6-7-23-12)14-5-3-4-13(17-14)15(21)22/h3-5,12H,6-9H2,1-2H3,(H,21,22). The fourth-order valence-electron chi connectivity index (χ4n) is 2.68. The van der Waals surface area contributed by atoms with Crippen LogP contribution >= 0.6 is 0 Å². The van der Waals surface area contributed by atoms with Crippen molar-refractivity contribution in [3.63, 3.8) is 0 Å². The van der Waals surface area contributed by atoms with Crippen molar-refractivity contribution in [2.75, 3.05) is 24.6 Å². The molecule has 1 fully saturated rings. The Hall–Kier alpha value is -2.48. The summed E-state index contributed by atoms with van der Waals surface area (Å²) in [6.45, 7) is 6.27. The van der Waals surface area contributed by atoms with Crippen molar-refractivity contribution in [1.82, 2.24) is 19.7 Å². The number of hydrogen-bond donors (Lipinski definition) is 1. The molecule has 3 heterocycles. The number of anilines is 1. The molecule has 2 aromatic rings. The first-order chi connectivity index (χ1) is 11.0. The van der Waals surface area contributed by atoms with E-state index in [1.807, 2.05) is 29.5 Å². The van der Waals surface area contributed by atoms with Crippen LogP contribution in [0, 0.1) is 13.8 Å². The van der Waals surface area contributed by atoms with Crippen LogP contribution in [0.5, 0.6) is 0 Å². The zero-order chi connectivity index (χ0) is 16.4. The molecule has 0 spiro atoms. The lowest BCUT2D eigenvalue weighted by molar-refractivity contribution is 0.0267. The quantitative estimate of drug-likeness (QED) is 0.895. The van der Waals surface area contributed by atoms with Crippen molar-refractivity contribution >= 4 is 11.8 Å². The van der Waals surface area contributed by atoms with Crippen LogP contribution in [0.25, 0.3) is 0 Å². The molecule has 3 rings (SSSR count). The normalized spacial score (nSPS) is 18.2. The second kappa shape index (κ2) is 6.33. The van der Waals surface area contributed by atoms with E-state index in [0.717, 1.165) is 11.6 Å². The van der Waals surface area contributed by atoms with Gasteiger partial charge in [-0.15, -0.1) is 0 Å². The van der Waals surface area contributed by atoms with Gasteiger partial charge in [-0.05, 0) is 26.0 Å². The molecule has 122 valence electrons.